The summed E-state index contributed by atoms with van der Waals surface area (Å²) in [4.78, 5) is 25.5. The van der Waals surface area contributed by atoms with Crippen LogP contribution in [0.2, 0.25) is 0 Å². The molecule has 2 aromatic carbocycles. The molecule has 0 aliphatic carbocycles. The lowest BCUT2D eigenvalue weighted by Crippen LogP contribution is -2.50. The van der Waals surface area contributed by atoms with E-state index >= 15 is 0 Å². The Bertz CT molecular complexity index is 724. The van der Waals surface area contributed by atoms with E-state index < -0.39 is 5.66 Å². The Labute approximate surface area is 149 Å². The Balaban J connectivity index is 2.19. The number of rotatable bonds is 9. The quantitative estimate of drug-likeness (QED) is 0.415. The van der Waals surface area contributed by atoms with Crippen molar-refractivity contribution in [2.75, 3.05) is 0 Å². The molecule has 2 aromatic rings. The molecular formula is C21H26N2O2. The van der Waals surface area contributed by atoms with Gasteiger partial charge in [0.2, 0.25) is 0 Å². The molecule has 0 unspecified atom stereocenters. The summed E-state index contributed by atoms with van der Waals surface area (Å²) in [7, 11) is 0. The van der Waals surface area contributed by atoms with Gasteiger partial charge in [0.15, 0.2) is 11.6 Å². The molecule has 2 rings (SSSR count). The number of unbranched alkanes of at least 4 members (excludes halogenated alkanes) is 2. The standard InChI is InChI=1S/C21H26N2O2/c1-2-3-9-14-21(22,23)15-19(24)17-12-7-8-13-18(17)20(25)16-10-5-4-6-11-16/h4-8,10-13H,2-3,9,14-15,22-23H2,1H3. The number of nitrogens with two attached hydrogens (primary N) is 2. The normalized spacial score (nSPS) is 11.3. The fraction of sp³-hybridized carbons (Fsp3) is 0.333. The van der Waals surface area contributed by atoms with E-state index in [1.54, 1.807) is 48.5 Å². The van der Waals surface area contributed by atoms with Crippen molar-refractivity contribution in [3.05, 3.63) is 71.3 Å². The number of carbonyl (C=O) groups is 2. The van der Waals surface area contributed by atoms with Gasteiger partial charge in [0, 0.05) is 23.1 Å². The summed E-state index contributed by atoms with van der Waals surface area (Å²) in [6.45, 7) is 2.10. The van der Waals surface area contributed by atoms with Crippen LogP contribution in [-0.4, -0.2) is 17.2 Å². The molecule has 0 radical (unpaired) electrons. The first-order valence-electron chi connectivity index (χ1n) is 8.74. The fourth-order valence-electron chi connectivity index (χ4n) is 2.86. The molecule has 0 fully saturated rings. The fourth-order valence-corrected chi connectivity index (χ4v) is 2.86. The van der Waals surface area contributed by atoms with Gasteiger partial charge in [0.05, 0.1) is 5.66 Å². The van der Waals surface area contributed by atoms with E-state index in [2.05, 4.69) is 6.92 Å². The predicted molar refractivity (Wildman–Crippen MR) is 101 cm³/mol. The summed E-state index contributed by atoms with van der Waals surface area (Å²) in [5.41, 5.74) is 12.5. The van der Waals surface area contributed by atoms with Crippen molar-refractivity contribution in [3.8, 4) is 0 Å². The van der Waals surface area contributed by atoms with E-state index in [1.807, 2.05) is 6.07 Å². The van der Waals surface area contributed by atoms with Crippen LogP contribution in [-0.2, 0) is 0 Å². The molecule has 0 aliphatic heterocycles. The third-order valence-electron chi connectivity index (χ3n) is 4.24. The smallest absolute Gasteiger partial charge is 0.193 e. The van der Waals surface area contributed by atoms with Crippen LogP contribution in [0.3, 0.4) is 0 Å². The van der Waals surface area contributed by atoms with Gasteiger partial charge in [0.1, 0.15) is 0 Å². The first-order valence-corrected chi connectivity index (χ1v) is 8.74. The Morgan fingerprint density at radius 1 is 0.880 bits per heavy atom. The van der Waals surface area contributed by atoms with Gasteiger partial charge in [-0.15, -0.1) is 0 Å². The van der Waals surface area contributed by atoms with Crippen LogP contribution in [0.1, 0.15) is 65.3 Å². The van der Waals surface area contributed by atoms with E-state index in [1.165, 1.54) is 0 Å². The van der Waals surface area contributed by atoms with E-state index in [4.69, 9.17) is 11.5 Å². The molecule has 25 heavy (non-hydrogen) atoms. The van der Waals surface area contributed by atoms with Crippen LogP contribution >= 0.6 is 0 Å². The van der Waals surface area contributed by atoms with Crippen LogP contribution in [0, 0.1) is 0 Å². The molecule has 0 saturated carbocycles. The average Bonchev–Trinajstić information content (AvgIpc) is 2.61. The zero-order valence-corrected chi connectivity index (χ0v) is 14.7. The second-order valence-corrected chi connectivity index (χ2v) is 6.53. The summed E-state index contributed by atoms with van der Waals surface area (Å²) >= 11 is 0. The monoisotopic (exact) mass is 338 g/mol. The summed E-state index contributed by atoms with van der Waals surface area (Å²) in [5, 5.41) is 0. The summed E-state index contributed by atoms with van der Waals surface area (Å²) in [6, 6.07) is 15.8. The lowest BCUT2D eigenvalue weighted by Gasteiger charge is -2.24. The van der Waals surface area contributed by atoms with Crippen molar-refractivity contribution in [2.45, 2.75) is 44.7 Å². The number of benzene rings is 2. The minimum absolute atomic E-state index is 0.0236. The van der Waals surface area contributed by atoms with E-state index in [0.29, 0.717) is 23.1 Å². The summed E-state index contributed by atoms with van der Waals surface area (Å²) in [6.07, 6.45) is 3.60. The second-order valence-electron chi connectivity index (χ2n) is 6.53. The Kier molecular flexibility index (Phi) is 6.62. The van der Waals surface area contributed by atoms with E-state index in [-0.39, 0.29) is 18.0 Å². The minimum Gasteiger partial charge on any atom is -0.313 e. The molecular weight excluding hydrogens is 312 g/mol. The molecule has 0 aliphatic rings. The van der Waals surface area contributed by atoms with Crippen molar-refractivity contribution in [1.29, 1.82) is 0 Å². The van der Waals surface area contributed by atoms with Gasteiger partial charge in [-0.3, -0.25) is 9.59 Å². The molecule has 0 spiro atoms. The minimum atomic E-state index is -1.05. The highest BCUT2D eigenvalue weighted by atomic mass is 16.1. The van der Waals surface area contributed by atoms with Gasteiger partial charge in [-0.05, 0) is 6.42 Å². The van der Waals surface area contributed by atoms with Crippen LogP contribution in [0.25, 0.3) is 0 Å². The van der Waals surface area contributed by atoms with Crippen molar-refractivity contribution in [1.82, 2.24) is 0 Å². The lowest BCUT2D eigenvalue weighted by molar-refractivity contribution is 0.0937. The largest absolute Gasteiger partial charge is 0.313 e. The maximum atomic E-state index is 12.7. The van der Waals surface area contributed by atoms with E-state index in [0.717, 1.165) is 19.3 Å². The maximum Gasteiger partial charge on any atom is 0.193 e. The highest BCUT2D eigenvalue weighted by Gasteiger charge is 2.26. The van der Waals surface area contributed by atoms with Gasteiger partial charge < -0.3 is 11.5 Å². The van der Waals surface area contributed by atoms with Gasteiger partial charge in [-0.25, -0.2) is 0 Å². The number of hydrogen-bond acceptors (Lipinski definition) is 4. The molecule has 132 valence electrons. The zero-order valence-electron chi connectivity index (χ0n) is 14.7. The zero-order chi connectivity index (χ0) is 18.3. The molecule has 0 saturated heterocycles. The SMILES string of the molecule is CCCCCC(N)(N)CC(=O)c1ccccc1C(=O)c1ccccc1. The molecule has 0 atom stereocenters. The van der Waals surface area contributed by atoms with Crippen LogP contribution in [0.4, 0.5) is 0 Å². The van der Waals surface area contributed by atoms with E-state index in [9.17, 15) is 9.59 Å². The van der Waals surface area contributed by atoms with Crippen molar-refractivity contribution in [2.24, 2.45) is 11.5 Å². The topological polar surface area (TPSA) is 86.2 Å². The molecule has 0 bridgehead atoms. The Morgan fingerprint density at radius 3 is 2.12 bits per heavy atom. The third kappa shape index (κ3) is 5.34. The first-order chi connectivity index (χ1) is 11.9. The molecule has 0 amide bonds. The molecule has 4 heteroatoms. The first kappa shape index (κ1) is 19.0. The van der Waals surface area contributed by atoms with Crippen LogP contribution < -0.4 is 11.5 Å². The lowest BCUT2D eigenvalue weighted by atomic mass is 9.90. The molecule has 4 N–H and O–H groups in total. The number of hydrogen-bond donors (Lipinski definition) is 2. The Morgan fingerprint density at radius 2 is 1.48 bits per heavy atom. The van der Waals surface area contributed by atoms with Gasteiger partial charge in [-0.1, -0.05) is 80.8 Å². The number of ketones is 2. The summed E-state index contributed by atoms with van der Waals surface area (Å²) < 4.78 is 0. The van der Waals surface area contributed by atoms with Crippen LogP contribution in [0.15, 0.2) is 54.6 Å². The summed E-state index contributed by atoms with van der Waals surface area (Å²) in [5.74, 6) is -0.364. The van der Waals surface area contributed by atoms with Crippen LogP contribution in [0.5, 0.6) is 0 Å². The number of carbonyl (C=O) groups excluding carboxylic acids is 2. The van der Waals surface area contributed by atoms with Crippen molar-refractivity contribution < 1.29 is 9.59 Å². The second kappa shape index (κ2) is 8.70. The Hall–Kier alpha value is -2.30. The number of Topliss-reactive ketones (excluding diaryl/α,β-unsaturated/α-hetero) is 1. The van der Waals surface area contributed by atoms with Gasteiger partial charge in [0.25, 0.3) is 0 Å². The van der Waals surface area contributed by atoms with Gasteiger partial charge in [-0.2, -0.15) is 0 Å². The predicted octanol–water partition coefficient (Wildman–Crippen LogP) is 3.68. The van der Waals surface area contributed by atoms with Crippen molar-refractivity contribution >= 4 is 11.6 Å². The molecule has 0 aromatic heterocycles. The van der Waals surface area contributed by atoms with Crippen molar-refractivity contribution in [3.63, 3.8) is 0 Å². The third-order valence-corrected chi connectivity index (χ3v) is 4.24. The highest BCUT2D eigenvalue weighted by molar-refractivity contribution is 6.15. The molecule has 4 nitrogen and oxygen atoms in total. The molecule has 0 heterocycles. The highest BCUT2D eigenvalue weighted by Crippen LogP contribution is 2.20. The van der Waals surface area contributed by atoms with Gasteiger partial charge >= 0.3 is 0 Å². The maximum absolute atomic E-state index is 12.7. The average molecular weight is 338 g/mol.